The van der Waals surface area contributed by atoms with E-state index < -0.39 is 17.9 Å². The Bertz CT molecular complexity index is 373. The number of primary amides is 1. The number of rotatable bonds is 6. The zero-order chi connectivity index (χ0) is 15.1. The molecule has 20 heavy (non-hydrogen) atoms. The van der Waals surface area contributed by atoms with Crippen molar-refractivity contribution in [3.63, 3.8) is 0 Å². The van der Waals surface area contributed by atoms with E-state index in [1.54, 1.807) is 0 Å². The lowest BCUT2D eigenvalue weighted by Crippen LogP contribution is -2.54. The molecule has 1 aliphatic rings. The van der Waals surface area contributed by atoms with E-state index >= 15 is 0 Å². The molecule has 7 nitrogen and oxygen atoms in total. The highest BCUT2D eigenvalue weighted by atomic mass is 16.4. The molecule has 1 saturated heterocycles. The van der Waals surface area contributed by atoms with Crippen molar-refractivity contribution in [3.8, 4) is 0 Å². The van der Waals surface area contributed by atoms with Crippen molar-refractivity contribution in [2.75, 3.05) is 13.1 Å². The molecule has 7 heteroatoms. The number of hydrogen-bond donors (Lipinski definition) is 3. The fourth-order valence-corrected chi connectivity index (χ4v) is 2.41. The topological polar surface area (TPSA) is 113 Å². The molecule has 0 spiro atoms. The molecule has 0 bridgehead atoms. The quantitative estimate of drug-likeness (QED) is 0.661. The third-order valence-corrected chi connectivity index (χ3v) is 3.67. The number of amides is 3. The number of piperidine rings is 1. The van der Waals surface area contributed by atoms with Crippen LogP contribution in [0.5, 0.6) is 0 Å². The van der Waals surface area contributed by atoms with E-state index in [0.29, 0.717) is 25.9 Å². The smallest absolute Gasteiger partial charge is 0.318 e. The van der Waals surface area contributed by atoms with Crippen molar-refractivity contribution in [3.05, 3.63) is 0 Å². The van der Waals surface area contributed by atoms with Gasteiger partial charge < -0.3 is 21.1 Å². The molecular formula is C13H23N3O4. The average molecular weight is 285 g/mol. The van der Waals surface area contributed by atoms with Crippen LogP contribution in [0.4, 0.5) is 4.79 Å². The molecule has 0 aromatic heterocycles. The lowest BCUT2D eigenvalue weighted by Gasteiger charge is -2.34. The molecule has 0 saturated carbocycles. The highest BCUT2D eigenvalue weighted by Crippen LogP contribution is 2.17. The first-order chi connectivity index (χ1) is 9.45. The molecule has 114 valence electrons. The molecule has 1 heterocycles. The van der Waals surface area contributed by atoms with Crippen LogP contribution < -0.4 is 11.1 Å². The van der Waals surface area contributed by atoms with Crippen LogP contribution in [-0.2, 0) is 9.59 Å². The first-order valence-corrected chi connectivity index (χ1v) is 7.01. The first-order valence-electron chi connectivity index (χ1n) is 7.01. The number of aliphatic carboxylic acids is 1. The SMILES string of the molecule is CCC(CNC(=O)N1CCCCC1C(N)=O)CC(=O)O. The highest BCUT2D eigenvalue weighted by molar-refractivity contribution is 5.86. The van der Waals surface area contributed by atoms with E-state index in [4.69, 9.17) is 10.8 Å². The van der Waals surface area contributed by atoms with Gasteiger partial charge in [0.1, 0.15) is 6.04 Å². The van der Waals surface area contributed by atoms with Gasteiger partial charge in [-0.1, -0.05) is 13.3 Å². The van der Waals surface area contributed by atoms with Gasteiger partial charge in [0.2, 0.25) is 5.91 Å². The maximum absolute atomic E-state index is 12.1. The molecule has 2 unspecified atom stereocenters. The number of nitrogens with zero attached hydrogens (tertiary/aromatic N) is 1. The predicted molar refractivity (Wildman–Crippen MR) is 73.0 cm³/mol. The Balaban J connectivity index is 2.51. The minimum atomic E-state index is -0.876. The van der Waals surface area contributed by atoms with Crippen molar-refractivity contribution in [1.29, 1.82) is 0 Å². The van der Waals surface area contributed by atoms with Crippen LogP contribution in [0.2, 0.25) is 0 Å². The van der Waals surface area contributed by atoms with Gasteiger partial charge in [-0.25, -0.2) is 4.79 Å². The summed E-state index contributed by atoms with van der Waals surface area (Å²) in [5.41, 5.74) is 5.31. The van der Waals surface area contributed by atoms with E-state index in [1.807, 2.05) is 6.92 Å². The third-order valence-electron chi connectivity index (χ3n) is 3.67. The molecule has 1 rings (SSSR count). The Kier molecular flexibility index (Phi) is 6.27. The summed E-state index contributed by atoms with van der Waals surface area (Å²) in [6.45, 7) is 2.69. The average Bonchev–Trinajstić information content (AvgIpc) is 2.42. The van der Waals surface area contributed by atoms with Gasteiger partial charge in [-0.05, 0) is 25.2 Å². The number of nitrogens with one attached hydrogen (secondary N) is 1. The molecule has 4 N–H and O–H groups in total. The van der Waals surface area contributed by atoms with E-state index in [1.165, 1.54) is 4.90 Å². The Morgan fingerprint density at radius 2 is 2.10 bits per heavy atom. The largest absolute Gasteiger partial charge is 0.481 e. The summed E-state index contributed by atoms with van der Waals surface area (Å²) in [6, 6.07) is -0.888. The number of likely N-dealkylation sites (tertiary alicyclic amines) is 1. The van der Waals surface area contributed by atoms with Gasteiger partial charge in [0.05, 0.1) is 0 Å². The number of urea groups is 1. The van der Waals surface area contributed by atoms with Crippen LogP contribution in [0.1, 0.15) is 39.0 Å². The van der Waals surface area contributed by atoms with Gasteiger partial charge in [-0.2, -0.15) is 0 Å². The Morgan fingerprint density at radius 3 is 2.65 bits per heavy atom. The standard InChI is InChI=1S/C13H23N3O4/c1-2-9(7-11(17)18)8-15-13(20)16-6-4-3-5-10(16)12(14)19/h9-10H,2-8H2,1H3,(H2,14,19)(H,15,20)(H,17,18). The minimum Gasteiger partial charge on any atom is -0.481 e. The molecule has 0 aromatic rings. The fourth-order valence-electron chi connectivity index (χ4n) is 2.41. The summed E-state index contributed by atoms with van der Waals surface area (Å²) in [7, 11) is 0. The number of carbonyl (C=O) groups excluding carboxylic acids is 2. The van der Waals surface area contributed by atoms with Crippen molar-refractivity contribution in [2.24, 2.45) is 11.7 Å². The number of carboxylic acid groups (broad SMARTS) is 1. The number of carboxylic acids is 1. The first kappa shape index (κ1) is 16.3. The van der Waals surface area contributed by atoms with Crippen molar-refractivity contribution >= 4 is 17.9 Å². The van der Waals surface area contributed by atoms with E-state index in [-0.39, 0.29) is 18.4 Å². The minimum absolute atomic E-state index is 0.0238. The van der Waals surface area contributed by atoms with Gasteiger partial charge in [-0.15, -0.1) is 0 Å². The summed E-state index contributed by atoms with van der Waals surface area (Å²) in [6.07, 6.45) is 3.02. The van der Waals surface area contributed by atoms with Crippen LogP contribution in [0.3, 0.4) is 0 Å². The molecule has 1 aliphatic heterocycles. The zero-order valence-corrected chi connectivity index (χ0v) is 11.8. The normalized spacial score (nSPS) is 20.2. The third kappa shape index (κ3) is 4.71. The zero-order valence-electron chi connectivity index (χ0n) is 11.8. The maximum atomic E-state index is 12.1. The van der Waals surface area contributed by atoms with Gasteiger partial charge >= 0.3 is 12.0 Å². The monoisotopic (exact) mass is 285 g/mol. The Morgan fingerprint density at radius 1 is 1.40 bits per heavy atom. The van der Waals surface area contributed by atoms with Gasteiger partial charge in [0, 0.05) is 19.5 Å². The van der Waals surface area contributed by atoms with Crippen LogP contribution in [0.25, 0.3) is 0 Å². The lowest BCUT2D eigenvalue weighted by atomic mass is 10.0. The molecule has 0 aliphatic carbocycles. The van der Waals surface area contributed by atoms with E-state index in [0.717, 1.165) is 12.8 Å². The van der Waals surface area contributed by atoms with Crippen molar-refractivity contribution < 1.29 is 19.5 Å². The summed E-state index contributed by atoms with van der Waals surface area (Å²) in [5.74, 6) is -1.47. The predicted octanol–water partition coefficient (Wildman–Crippen LogP) is 0.537. The fraction of sp³-hybridized carbons (Fsp3) is 0.769. The lowest BCUT2D eigenvalue weighted by molar-refractivity contribution is -0.138. The van der Waals surface area contributed by atoms with Crippen LogP contribution in [0, 0.1) is 5.92 Å². The Hall–Kier alpha value is -1.79. The number of carbonyl (C=O) groups is 3. The molecule has 1 fully saturated rings. The molecule has 3 amide bonds. The van der Waals surface area contributed by atoms with Gasteiger partial charge in [0.25, 0.3) is 0 Å². The highest BCUT2D eigenvalue weighted by Gasteiger charge is 2.30. The molecule has 2 atom stereocenters. The second-order valence-corrected chi connectivity index (χ2v) is 5.17. The van der Waals surface area contributed by atoms with E-state index in [2.05, 4.69) is 5.32 Å². The van der Waals surface area contributed by atoms with Crippen LogP contribution in [-0.4, -0.2) is 47.0 Å². The van der Waals surface area contributed by atoms with Crippen LogP contribution >= 0.6 is 0 Å². The summed E-state index contributed by atoms with van der Waals surface area (Å²) in [5, 5.41) is 11.5. The number of nitrogens with two attached hydrogens (primary N) is 1. The van der Waals surface area contributed by atoms with Crippen molar-refractivity contribution in [1.82, 2.24) is 10.2 Å². The summed E-state index contributed by atoms with van der Waals surface area (Å²) < 4.78 is 0. The van der Waals surface area contributed by atoms with Crippen molar-refractivity contribution in [2.45, 2.75) is 45.1 Å². The number of hydrogen-bond acceptors (Lipinski definition) is 3. The second kappa shape index (κ2) is 7.72. The molecule has 0 radical (unpaired) electrons. The van der Waals surface area contributed by atoms with Gasteiger partial charge in [-0.3, -0.25) is 9.59 Å². The van der Waals surface area contributed by atoms with Crippen LogP contribution in [0.15, 0.2) is 0 Å². The summed E-state index contributed by atoms with van der Waals surface area (Å²) in [4.78, 5) is 35.5. The molecule has 0 aromatic carbocycles. The Labute approximate surface area is 118 Å². The summed E-state index contributed by atoms with van der Waals surface area (Å²) >= 11 is 0. The van der Waals surface area contributed by atoms with Gasteiger partial charge in [0.15, 0.2) is 0 Å². The van der Waals surface area contributed by atoms with E-state index in [9.17, 15) is 14.4 Å². The maximum Gasteiger partial charge on any atom is 0.318 e. The second-order valence-electron chi connectivity index (χ2n) is 5.17. The molecular weight excluding hydrogens is 262 g/mol.